The minimum absolute atomic E-state index is 0.214. The SMILES string of the molecule is CO[Si](OC)(OC)OC(C[SiH3])C(O[Si](OC)(OC)OC)(O[Si](OC)(OC)OC)N(C)C(=O)O. The highest BCUT2D eigenvalue weighted by Gasteiger charge is 2.65. The summed E-state index contributed by atoms with van der Waals surface area (Å²) in [7, 11) is 1.42. The summed E-state index contributed by atoms with van der Waals surface area (Å²) in [4.78, 5) is 13.0. The fraction of sp³-hybridized carbons (Fsp3) is 0.929. The fourth-order valence-corrected chi connectivity index (χ4v) is 8.12. The van der Waals surface area contributed by atoms with Crippen molar-refractivity contribution in [2.24, 2.45) is 0 Å². The molecule has 0 spiro atoms. The van der Waals surface area contributed by atoms with Crippen LogP contribution in [0.5, 0.6) is 0 Å². The van der Waals surface area contributed by atoms with Crippen LogP contribution in [-0.2, 0) is 53.1 Å². The van der Waals surface area contributed by atoms with Crippen LogP contribution in [-0.4, -0.2) is 137 Å². The molecule has 0 aromatic heterocycles. The van der Waals surface area contributed by atoms with E-state index in [4.69, 9.17) is 53.1 Å². The molecule has 1 unspecified atom stereocenters. The molecule has 0 aliphatic rings. The lowest BCUT2D eigenvalue weighted by atomic mass is 10.3. The first-order valence-electron chi connectivity index (χ1n) is 9.49. The molecule has 0 radical (unpaired) electrons. The average Bonchev–Trinajstić information content (AvgIpc) is 2.86. The zero-order valence-corrected chi connectivity index (χ0v) is 26.0. The van der Waals surface area contributed by atoms with Crippen molar-refractivity contribution in [1.29, 1.82) is 0 Å². The van der Waals surface area contributed by atoms with Gasteiger partial charge in [0.25, 0.3) is 5.91 Å². The van der Waals surface area contributed by atoms with E-state index in [0.717, 1.165) is 0 Å². The molecule has 0 rings (SSSR count). The van der Waals surface area contributed by atoms with Gasteiger partial charge in [0, 0.05) is 81.3 Å². The largest absolute Gasteiger partial charge is 0.682 e. The van der Waals surface area contributed by atoms with Gasteiger partial charge in [0.2, 0.25) is 0 Å². The van der Waals surface area contributed by atoms with Gasteiger partial charge in [0.15, 0.2) is 0 Å². The molecule has 1 atom stereocenters. The molecule has 0 aliphatic carbocycles. The lowest BCUT2D eigenvalue weighted by Crippen LogP contribution is -2.73. The summed E-state index contributed by atoms with van der Waals surface area (Å²) >= 11 is 0. The van der Waals surface area contributed by atoms with Crippen LogP contribution in [0.4, 0.5) is 4.79 Å². The molecule has 1 N–H and O–H groups in total. The van der Waals surface area contributed by atoms with Crippen molar-refractivity contribution in [1.82, 2.24) is 4.90 Å². The Bertz CT molecular complexity index is 531. The predicted octanol–water partition coefficient (Wildman–Crippen LogP) is -1.42. The molecule has 0 aliphatic heterocycles. The third-order valence-electron chi connectivity index (χ3n) is 4.61. The Morgan fingerprint density at radius 2 is 1.06 bits per heavy atom. The third kappa shape index (κ3) is 7.32. The van der Waals surface area contributed by atoms with E-state index in [1.807, 2.05) is 0 Å². The minimum Gasteiger partial charge on any atom is -0.465 e. The monoisotopic (exact) mass is 555 g/mol. The molecular weight excluding hydrogens is 518 g/mol. The van der Waals surface area contributed by atoms with Crippen LogP contribution >= 0.6 is 0 Å². The Kier molecular flexibility index (Phi) is 14.1. The molecule has 33 heavy (non-hydrogen) atoms. The van der Waals surface area contributed by atoms with Crippen molar-refractivity contribution >= 4 is 43.5 Å². The molecule has 1 amide bonds. The highest BCUT2D eigenvalue weighted by atomic mass is 28.4. The van der Waals surface area contributed by atoms with Crippen LogP contribution in [0.15, 0.2) is 0 Å². The van der Waals surface area contributed by atoms with Crippen LogP contribution in [0, 0.1) is 0 Å². The number of nitrogens with zero attached hydrogens (tertiary/aromatic N) is 1. The molecule has 0 saturated heterocycles. The topological polar surface area (TPSA) is 151 Å². The number of carboxylic acid groups (broad SMARTS) is 1. The maximum atomic E-state index is 12.3. The maximum Gasteiger partial charge on any atom is 0.682 e. The lowest BCUT2D eigenvalue weighted by Gasteiger charge is -2.49. The Balaban J connectivity index is 7.15. The second-order valence-electron chi connectivity index (χ2n) is 6.03. The maximum absolute atomic E-state index is 12.3. The summed E-state index contributed by atoms with van der Waals surface area (Å²) in [6.45, 7) is 0. The van der Waals surface area contributed by atoms with Crippen LogP contribution in [0.25, 0.3) is 0 Å². The minimum atomic E-state index is -4.03. The van der Waals surface area contributed by atoms with Crippen LogP contribution < -0.4 is 0 Å². The van der Waals surface area contributed by atoms with Gasteiger partial charge in [-0.1, -0.05) is 0 Å². The van der Waals surface area contributed by atoms with Gasteiger partial charge in [-0.3, -0.25) is 4.90 Å². The summed E-state index contributed by atoms with van der Waals surface area (Å²) in [6, 6.07) is 0.214. The quantitative estimate of drug-likeness (QED) is 0.155. The van der Waals surface area contributed by atoms with E-state index in [1.165, 1.54) is 71.0 Å². The molecule has 15 nitrogen and oxygen atoms in total. The van der Waals surface area contributed by atoms with Crippen LogP contribution in [0.1, 0.15) is 0 Å². The zero-order chi connectivity index (χ0) is 25.9. The normalized spacial score (nSPS) is 14.5. The molecule has 0 bridgehead atoms. The Morgan fingerprint density at radius 3 is 1.27 bits per heavy atom. The second-order valence-corrected chi connectivity index (χ2v) is 14.2. The fourth-order valence-electron chi connectivity index (χ4n) is 2.73. The summed E-state index contributed by atoms with van der Waals surface area (Å²) in [5.41, 5.74) is 0. The molecule has 0 fully saturated rings. The van der Waals surface area contributed by atoms with E-state index < -0.39 is 45.3 Å². The van der Waals surface area contributed by atoms with Gasteiger partial charge in [-0.05, 0) is 6.04 Å². The van der Waals surface area contributed by atoms with Gasteiger partial charge in [-0.25, -0.2) is 4.79 Å². The van der Waals surface area contributed by atoms with Gasteiger partial charge in [-0.2, -0.15) is 0 Å². The Labute approximate surface area is 200 Å². The van der Waals surface area contributed by atoms with Crippen molar-refractivity contribution in [3.63, 3.8) is 0 Å². The number of carbonyl (C=O) groups is 1. The summed E-state index contributed by atoms with van der Waals surface area (Å²) < 4.78 is 66.7. The number of hydrogen-bond donors (Lipinski definition) is 1. The first-order chi connectivity index (χ1) is 15.5. The van der Waals surface area contributed by atoms with E-state index in [9.17, 15) is 9.90 Å². The number of hydrogen-bond acceptors (Lipinski definition) is 13. The van der Waals surface area contributed by atoms with Gasteiger partial charge < -0.3 is 58.2 Å². The van der Waals surface area contributed by atoms with E-state index >= 15 is 0 Å². The molecule has 0 saturated carbocycles. The number of likely N-dealkylation sites (N-methyl/N-ethyl adjacent to an activating group) is 1. The highest BCUT2D eigenvalue weighted by molar-refractivity contribution is 6.55. The third-order valence-corrected chi connectivity index (χ3v) is 11.5. The molecule has 198 valence electrons. The first-order valence-corrected chi connectivity index (χ1v) is 15.8. The van der Waals surface area contributed by atoms with Crippen molar-refractivity contribution in [3.8, 4) is 0 Å². The van der Waals surface area contributed by atoms with E-state index in [2.05, 4.69) is 0 Å². The van der Waals surface area contributed by atoms with E-state index in [1.54, 1.807) is 0 Å². The van der Waals surface area contributed by atoms with E-state index in [0.29, 0.717) is 15.1 Å². The van der Waals surface area contributed by atoms with Crippen molar-refractivity contribution in [2.75, 3.05) is 71.0 Å². The molecule has 0 heterocycles. The van der Waals surface area contributed by atoms with Crippen molar-refractivity contribution in [3.05, 3.63) is 0 Å². The summed E-state index contributed by atoms with van der Waals surface area (Å²) in [6.07, 6.45) is -2.70. The van der Waals surface area contributed by atoms with E-state index in [-0.39, 0.29) is 6.04 Å². The molecule has 0 aromatic carbocycles. The van der Waals surface area contributed by atoms with Gasteiger partial charge in [0.1, 0.15) is 6.10 Å². The number of rotatable bonds is 18. The zero-order valence-electron chi connectivity index (χ0n) is 21.0. The lowest BCUT2D eigenvalue weighted by molar-refractivity contribution is -0.310. The molecule has 0 aromatic rings. The first kappa shape index (κ1) is 32.7. The Morgan fingerprint density at radius 1 is 0.758 bits per heavy atom. The molecule has 19 heteroatoms. The van der Waals surface area contributed by atoms with Crippen molar-refractivity contribution in [2.45, 2.75) is 18.1 Å². The smallest absolute Gasteiger partial charge is 0.465 e. The highest BCUT2D eigenvalue weighted by Crippen LogP contribution is 2.36. The standard InChI is InChI=1S/C14H37NO14Si4/c1-15(13(16)17)14(28-32(21-5,22-6)23-7,29-33(24-8,25-9)26-10)12(11-30)27-31(18-2,19-3)20-4/h12H,11H2,1-10,30H3,(H,16,17). The van der Waals surface area contributed by atoms with Gasteiger partial charge in [-0.15, -0.1) is 0 Å². The molecular formula is C14H37NO14Si4. The van der Waals surface area contributed by atoms with Gasteiger partial charge >= 0.3 is 33.2 Å². The summed E-state index contributed by atoms with van der Waals surface area (Å²) in [5, 5.41) is 9.99. The average molecular weight is 556 g/mol. The Hall–Kier alpha value is -0.342. The van der Waals surface area contributed by atoms with Crippen molar-refractivity contribution < 1.29 is 63.0 Å². The summed E-state index contributed by atoms with van der Waals surface area (Å²) in [5.74, 6) is -2.36. The number of amides is 1. The second kappa shape index (κ2) is 14.3. The van der Waals surface area contributed by atoms with Gasteiger partial charge in [0.05, 0.1) is 0 Å². The predicted molar refractivity (Wildman–Crippen MR) is 121 cm³/mol. The van der Waals surface area contributed by atoms with Crippen LogP contribution in [0.3, 0.4) is 0 Å². The van der Waals surface area contributed by atoms with Crippen LogP contribution in [0.2, 0.25) is 6.04 Å².